The summed E-state index contributed by atoms with van der Waals surface area (Å²) in [5.74, 6) is 2.42. The molecular weight excluding hydrogens is 210 g/mol. The van der Waals surface area contributed by atoms with E-state index >= 15 is 0 Å². The third-order valence-corrected chi connectivity index (χ3v) is 4.15. The van der Waals surface area contributed by atoms with Gasteiger partial charge in [-0.3, -0.25) is 0 Å². The molecule has 3 rings (SSSR count). The van der Waals surface area contributed by atoms with Gasteiger partial charge >= 0.3 is 0 Å². The van der Waals surface area contributed by atoms with Crippen molar-refractivity contribution < 1.29 is 4.74 Å². The Balaban J connectivity index is 1.81. The highest BCUT2D eigenvalue weighted by Crippen LogP contribution is 2.37. The van der Waals surface area contributed by atoms with Crippen molar-refractivity contribution in [3.05, 3.63) is 23.8 Å². The van der Waals surface area contributed by atoms with Gasteiger partial charge in [0.25, 0.3) is 0 Å². The summed E-state index contributed by atoms with van der Waals surface area (Å²) in [6.07, 6.45) is 4.11. The summed E-state index contributed by atoms with van der Waals surface area (Å²) in [7, 11) is 0. The second-order valence-electron chi connectivity index (χ2n) is 5.66. The molecule has 92 valence electrons. The lowest BCUT2D eigenvalue weighted by Crippen LogP contribution is -2.40. The normalized spacial score (nSPS) is 23.6. The van der Waals surface area contributed by atoms with Crippen LogP contribution in [0.2, 0.25) is 0 Å². The molecule has 1 aromatic carbocycles. The molecule has 1 atom stereocenters. The quantitative estimate of drug-likeness (QED) is 0.836. The van der Waals surface area contributed by atoms with Gasteiger partial charge in [-0.05, 0) is 42.4 Å². The highest BCUT2D eigenvalue weighted by molar-refractivity contribution is 5.60. The highest BCUT2D eigenvalue weighted by Gasteiger charge is 2.30. The number of rotatable bonds is 2. The molecule has 1 saturated carbocycles. The van der Waals surface area contributed by atoms with E-state index in [9.17, 15) is 0 Å². The first-order valence-electron chi connectivity index (χ1n) is 6.77. The Kier molecular flexibility index (Phi) is 2.73. The van der Waals surface area contributed by atoms with E-state index < -0.39 is 0 Å². The van der Waals surface area contributed by atoms with E-state index in [1.165, 1.54) is 30.5 Å². The average Bonchev–Trinajstić information content (AvgIpc) is 2.25. The second-order valence-corrected chi connectivity index (χ2v) is 5.66. The molecule has 0 saturated heterocycles. The number of hydrogen-bond donors (Lipinski definition) is 1. The Morgan fingerprint density at radius 2 is 2.12 bits per heavy atom. The lowest BCUT2D eigenvalue weighted by atomic mass is 9.79. The number of ether oxygens (including phenoxy) is 1. The van der Waals surface area contributed by atoms with Gasteiger partial charge in [0.05, 0.1) is 11.7 Å². The maximum absolute atomic E-state index is 5.87. The molecule has 1 aliphatic carbocycles. The lowest BCUT2D eigenvalue weighted by molar-refractivity contribution is 0.191. The van der Waals surface area contributed by atoms with E-state index in [4.69, 9.17) is 4.74 Å². The molecule has 1 unspecified atom stereocenters. The molecule has 0 spiro atoms. The van der Waals surface area contributed by atoms with Gasteiger partial charge < -0.3 is 10.1 Å². The predicted octanol–water partition coefficient (Wildman–Crippen LogP) is 3.78. The maximum atomic E-state index is 5.87. The smallest absolute Gasteiger partial charge is 0.142 e. The maximum Gasteiger partial charge on any atom is 0.142 e. The zero-order valence-corrected chi connectivity index (χ0v) is 10.7. The Morgan fingerprint density at radius 1 is 1.29 bits per heavy atom. The van der Waals surface area contributed by atoms with Crippen molar-refractivity contribution in [2.45, 2.75) is 45.1 Å². The molecule has 0 aromatic heterocycles. The fourth-order valence-electron chi connectivity index (χ4n) is 2.66. The minimum absolute atomic E-state index is 0.527. The predicted molar refractivity (Wildman–Crippen MR) is 70.8 cm³/mol. The van der Waals surface area contributed by atoms with Crippen LogP contribution in [0.15, 0.2) is 18.2 Å². The van der Waals surface area contributed by atoms with Crippen molar-refractivity contribution in [2.24, 2.45) is 5.92 Å². The van der Waals surface area contributed by atoms with Crippen LogP contribution in [0.3, 0.4) is 0 Å². The van der Waals surface area contributed by atoms with Crippen LogP contribution in [-0.4, -0.2) is 12.6 Å². The molecule has 17 heavy (non-hydrogen) atoms. The van der Waals surface area contributed by atoms with E-state index in [2.05, 4.69) is 37.4 Å². The summed E-state index contributed by atoms with van der Waals surface area (Å²) >= 11 is 0. The summed E-state index contributed by atoms with van der Waals surface area (Å²) in [6.45, 7) is 5.29. The van der Waals surface area contributed by atoms with Gasteiger partial charge in [-0.15, -0.1) is 0 Å². The van der Waals surface area contributed by atoms with Gasteiger partial charge in [0.1, 0.15) is 12.4 Å². The Morgan fingerprint density at radius 3 is 2.76 bits per heavy atom. The van der Waals surface area contributed by atoms with Crippen molar-refractivity contribution in [1.29, 1.82) is 0 Å². The first kappa shape index (κ1) is 10.9. The summed E-state index contributed by atoms with van der Waals surface area (Å²) in [5.41, 5.74) is 2.58. The molecule has 1 heterocycles. The Labute approximate surface area is 103 Å². The molecular formula is C15H21NO. The third-order valence-electron chi connectivity index (χ3n) is 4.15. The van der Waals surface area contributed by atoms with Gasteiger partial charge in [-0.1, -0.05) is 26.3 Å². The third kappa shape index (κ3) is 2.01. The monoisotopic (exact) mass is 231 g/mol. The minimum atomic E-state index is 0.527. The number of hydrogen-bond acceptors (Lipinski definition) is 2. The van der Waals surface area contributed by atoms with E-state index in [-0.39, 0.29) is 0 Å². The summed E-state index contributed by atoms with van der Waals surface area (Å²) < 4.78 is 5.87. The largest absolute Gasteiger partial charge is 0.489 e. The summed E-state index contributed by atoms with van der Waals surface area (Å²) in [4.78, 5) is 0. The summed E-state index contributed by atoms with van der Waals surface area (Å²) in [5, 5.41) is 3.67. The van der Waals surface area contributed by atoms with Crippen LogP contribution >= 0.6 is 0 Å². The van der Waals surface area contributed by atoms with Crippen molar-refractivity contribution in [2.75, 3.05) is 11.9 Å². The first-order valence-corrected chi connectivity index (χ1v) is 6.77. The van der Waals surface area contributed by atoms with Crippen LogP contribution in [0.4, 0.5) is 5.69 Å². The zero-order valence-electron chi connectivity index (χ0n) is 10.7. The molecule has 2 nitrogen and oxygen atoms in total. The lowest BCUT2D eigenvalue weighted by Gasteiger charge is -2.38. The second kappa shape index (κ2) is 4.25. The van der Waals surface area contributed by atoms with Crippen LogP contribution < -0.4 is 10.1 Å². The SMILES string of the molecule is CC(C)c1ccc2c(c1)NC(C1CCC1)CO2. The van der Waals surface area contributed by atoms with Crippen LogP contribution in [0.5, 0.6) is 5.75 Å². The molecule has 0 bridgehead atoms. The van der Waals surface area contributed by atoms with Gasteiger partial charge in [0.15, 0.2) is 0 Å². The molecule has 0 amide bonds. The average molecular weight is 231 g/mol. The van der Waals surface area contributed by atoms with Gasteiger partial charge in [0, 0.05) is 0 Å². The molecule has 0 radical (unpaired) electrons. The molecule has 2 aliphatic rings. The van der Waals surface area contributed by atoms with Crippen molar-refractivity contribution in [1.82, 2.24) is 0 Å². The van der Waals surface area contributed by atoms with Gasteiger partial charge in [-0.25, -0.2) is 0 Å². The van der Waals surface area contributed by atoms with E-state index in [0.29, 0.717) is 12.0 Å². The van der Waals surface area contributed by atoms with Crippen LogP contribution in [-0.2, 0) is 0 Å². The van der Waals surface area contributed by atoms with E-state index in [0.717, 1.165) is 18.3 Å². The van der Waals surface area contributed by atoms with Gasteiger partial charge in [-0.2, -0.15) is 0 Å². The summed E-state index contributed by atoms with van der Waals surface area (Å²) in [6, 6.07) is 7.06. The van der Waals surface area contributed by atoms with Crippen molar-refractivity contribution in [3.8, 4) is 5.75 Å². The highest BCUT2D eigenvalue weighted by atomic mass is 16.5. The molecule has 1 fully saturated rings. The number of fused-ring (bicyclic) bond motifs is 1. The fourth-order valence-corrected chi connectivity index (χ4v) is 2.66. The molecule has 1 aliphatic heterocycles. The Bertz CT molecular complexity index is 409. The Hall–Kier alpha value is -1.18. The van der Waals surface area contributed by atoms with Gasteiger partial charge in [0.2, 0.25) is 0 Å². The zero-order chi connectivity index (χ0) is 11.8. The van der Waals surface area contributed by atoms with Crippen molar-refractivity contribution >= 4 is 5.69 Å². The molecule has 2 heteroatoms. The van der Waals surface area contributed by atoms with E-state index in [1.54, 1.807) is 0 Å². The molecule has 1 aromatic rings. The number of anilines is 1. The topological polar surface area (TPSA) is 21.3 Å². The number of nitrogens with one attached hydrogen (secondary N) is 1. The first-order chi connectivity index (χ1) is 8.24. The standard InChI is InChI=1S/C15H21NO/c1-10(2)12-6-7-15-13(8-12)16-14(9-17-15)11-4-3-5-11/h6-8,10-11,14,16H,3-5,9H2,1-2H3. The number of benzene rings is 1. The van der Waals surface area contributed by atoms with Crippen LogP contribution in [0.1, 0.15) is 44.6 Å². The fraction of sp³-hybridized carbons (Fsp3) is 0.600. The van der Waals surface area contributed by atoms with Crippen LogP contribution in [0.25, 0.3) is 0 Å². The van der Waals surface area contributed by atoms with Crippen LogP contribution in [0, 0.1) is 5.92 Å². The minimum Gasteiger partial charge on any atom is -0.489 e. The van der Waals surface area contributed by atoms with Crippen molar-refractivity contribution in [3.63, 3.8) is 0 Å². The molecule has 1 N–H and O–H groups in total. The van der Waals surface area contributed by atoms with E-state index in [1.807, 2.05) is 0 Å².